The van der Waals surface area contributed by atoms with E-state index in [4.69, 9.17) is 4.74 Å². The fourth-order valence-electron chi connectivity index (χ4n) is 3.17. The molecule has 0 aliphatic carbocycles. The molecule has 0 amide bonds. The van der Waals surface area contributed by atoms with Gasteiger partial charge in [-0.3, -0.25) is 4.57 Å². The van der Waals surface area contributed by atoms with Crippen molar-refractivity contribution in [3.8, 4) is 11.6 Å². The highest BCUT2D eigenvalue weighted by atomic mass is 35.5. The summed E-state index contributed by atoms with van der Waals surface area (Å²) in [6.07, 6.45) is 2.05. The molecule has 0 aliphatic heterocycles. The Hall–Kier alpha value is -2.53. The Labute approximate surface area is 146 Å². The predicted octanol–water partition coefficient (Wildman–Crippen LogP) is 4.26. The molecule has 1 N–H and O–H groups in total. The molecule has 0 aliphatic rings. The summed E-state index contributed by atoms with van der Waals surface area (Å²) in [6.45, 7) is 6.05. The number of fused-ring (bicyclic) bond motifs is 2. The van der Waals surface area contributed by atoms with Gasteiger partial charge in [0, 0.05) is 17.3 Å². The van der Waals surface area contributed by atoms with Gasteiger partial charge in [0.2, 0.25) is 0 Å². The summed E-state index contributed by atoms with van der Waals surface area (Å²) in [5.41, 5.74) is 5.27. The van der Waals surface area contributed by atoms with E-state index in [-0.39, 0.29) is 12.4 Å². The molecule has 4 aromatic rings. The third-order valence-corrected chi connectivity index (χ3v) is 4.12. The van der Waals surface area contributed by atoms with Gasteiger partial charge in [-0.2, -0.15) is 0 Å². The number of aromatic amines is 1. The van der Waals surface area contributed by atoms with Gasteiger partial charge >= 0.3 is 0 Å². The van der Waals surface area contributed by atoms with E-state index in [0.717, 1.165) is 50.6 Å². The van der Waals surface area contributed by atoms with Crippen LogP contribution in [0.1, 0.15) is 17.1 Å². The lowest BCUT2D eigenvalue weighted by Crippen LogP contribution is -2.02. The number of hydrogen-bond donors (Lipinski definition) is 1. The fourth-order valence-corrected chi connectivity index (χ4v) is 3.17. The molecule has 124 valence electrons. The molecule has 4 rings (SSSR count). The Bertz CT molecular complexity index is 1050. The van der Waals surface area contributed by atoms with E-state index in [1.807, 2.05) is 26.0 Å². The largest absolute Gasteiger partial charge is 0.497 e. The van der Waals surface area contributed by atoms with Gasteiger partial charge in [-0.15, -0.1) is 12.4 Å². The zero-order chi connectivity index (χ0) is 16.1. The van der Waals surface area contributed by atoms with Crippen molar-refractivity contribution < 1.29 is 4.74 Å². The normalized spacial score (nSPS) is 11.0. The zero-order valence-corrected chi connectivity index (χ0v) is 14.9. The first-order valence-electron chi connectivity index (χ1n) is 7.57. The van der Waals surface area contributed by atoms with Crippen LogP contribution in [0.2, 0.25) is 0 Å². The summed E-state index contributed by atoms with van der Waals surface area (Å²) < 4.78 is 7.49. The third-order valence-electron chi connectivity index (χ3n) is 4.12. The van der Waals surface area contributed by atoms with Crippen LogP contribution in [0.4, 0.5) is 0 Å². The van der Waals surface area contributed by atoms with Crippen molar-refractivity contribution in [1.29, 1.82) is 0 Å². The Kier molecular flexibility index (Phi) is 3.97. The van der Waals surface area contributed by atoms with Crippen LogP contribution in [0.15, 0.2) is 30.5 Å². The second-order valence-corrected chi connectivity index (χ2v) is 5.87. The SMILES string of the molecule is COc1cc(C)c2c(ccn2-c2nc(C)nc3cc(C)[nH]c23)c1.Cl. The van der Waals surface area contributed by atoms with Gasteiger partial charge in [-0.1, -0.05) is 0 Å². The highest BCUT2D eigenvalue weighted by Crippen LogP contribution is 2.30. The maximum Gasteiger partial charge on any atom is 0.165 e. The molecule has 3 heterocycles. The maximum absolute atomic E-state index is 5.37. The highest BCUT2D eigenvalue weighted by Gasteiger charge is 2.14. The second kappa shape index (κ2) is 5.83. The van der Waals surface area contributed by atoms with E-state index in [2.05, 4.69) is 44.8 Å². The van der Waals surface area contributed by atoms with Crippen LogP contribution in [0.3, 0.4) is 0 Å². The number of halogens is 1. The zero-order valence-electron chi connectivity index (χ0n) is 14.0. The van der Waals surface area contributed by atoms with Crippen LogP contribution in [-0.4, -0.2) is 26.6 Å². The van der Waals surface area contributed by atoms with Crippen molar-refractivity contribution in [2.45, 2.75) is 20.8 Å². The van der Waals surface area contributed by atoms with E-state index in [0.29, 0.717) is 0 Å². The molecule has 0 spiro atoms. The first-order valence-corrected chi connectivity index (χ1v) is 7.57. The quantitative estimate of drug-likeness (QED) is 0.592. The molecule has 0 unspecified atom stereocenters. The molecule has 0 saturated heterocycles. The molecule has 24 heavy (non-hydrogen) atoms. The molecule has 1 aromatic carbocycles. The molecule has 0 atom stereocenters. The first-order chi connectivity index (χ1) is 11.1. The average Bonchev–Trinajstić information content (AvgIpc) is 3.09. The van der Waals surface area contributed by atoms with Crippen molar-refractivity contribution in [1.82, 2.24) is 19.5 Å². The van der Waals surface area contributed by atoms with Crippen LogP contribution in [0.5, 0.6) is 5.75 Å². The van der Waals surface area contributed by atoms with E-state index in [1.54, 1.807) is 7.11 Å². The van der Waals surface area contributed by atoms with Crippen LogP contribution >= 0.6 is 12.4 Å². The summed E-state index contributed by atoms with van der Waals surface area (Å²) in [4.78, 5) is 12.6. The summed E-state index contributed by atoms with van der Waals surface area (Å²) in [5.74, 6) is 2.51. The monoisotopic (exact) mass is 342 g/mol. The number of aryl methyl sites for hydroxylation is 3. The number of nitrogens with zero attached hydrogens (tertiary/aromatic N) is 3. The van der Waals surface area contributed by atoms with Gasteiger partial charge in [-0.05, 0) is 50.6 Å². The van der Waals surface area contributed by atoms with Gasteiger partial charge in [0.15, 0.2) is 5.82 Å². The van der Waals surface area contributed by atoms with Crippen LogP contribution in [0, 0.1) is 20.8 Å². The van der Waals surface area contributed by atoms with Crippen molar-refractivity contribution >= 4 is 34.3 Å². The highest BCUT2D eigenvalue weighted by molar-refractivity contribution is 5.90. The first kappa shape index (κ1) is 16.3. The minimum atomic E-state index is 0. The number of methoxy groups -OCH3 is 1. The number of nitrogens with one attached hydrogen (secondary N) is 1. The molecule has 0 fully saturated rings. The number of H-pyrrole nitrogens is 1. The Morgan fingerprint density at radius 3 is 2.62 bits per heavy atom. The van der Waals surface area contributed by atoms with Gasteiger partial charge < -0.3 is 9.72 Å². The average molecular weight is 343 g/mol. The van der Waals surface area contributed by atoms with Crippen molar-refractivity contribution in [2.75, 3.05) is 7.11 Å². The Morgan fingerprint density at radius 1 is 1.08 bits per heavy atom. The van der Waals surface area contributed by atoms with E-state index in [1.165, 1.54) is 0 Å². The lowest BCUT2D eigenvalue weighted by molar-refractivity contribution is 0.415. The minimum absolute atomic E-state index is 0. The Balaban J connectivity index is 0.00000169. The Morgan fingerprint density at radius 2 is 1.88 bits per heavy atom. The molecule has 6 heteroatoms. The molecular weight excluding hydrogens is 324 g/mol. The van der Waals surface area contributed by atoms with E-state index < -0.39 is 0 Å². The number of benzene rings is 1. The number of ether oxygens (including phenoxy) is 1. The molecule has 0 saturated carbocycles. The van der Waals surface area contributed by atoms with Crippen LogP contribution in [-0.2, 0) is 0 Å². The second-order valence-electron chi connectivity index (χ2n) is 5.87. The summed E-state index contributed by atoms with van der Waals surface area (Å²) >= 11 is 0. The molecule has 0 bridgehead atoms. The number of hydrogen-bond acceptors (Lipinski definition) is 3. The third kappa shape index (κ3) is 2.41. The number of aromatic nitrogens is 4. The summed E-state index contributed by atoms with van der Waals surface area (Å²) in [5, 5.41) is 1.13. The summed E-state index contributed by atoms with van der Waals surface area (Å²) in [7, 11) is 1.69. The van der Waals surface area contributed by atoms with Crippen molar-refractivity contribution in [2.24, 2.45) is 0 Å². The maximum atomic E-state index is 5.37. The topological polar surface area (TPSA) is 55.7 Å². The van der Waals surface area contributed by atoms with E-state index >= 15 is 0 Å². The van der Waals surface area contributed by atoms with Crippen LogP contribution < -0.4 is 4.74 Å². The lowest BCUT2D eigenvalue weighted by atomic mass is 10.1. The van der Waals surface area contributed by atoms with E-state index in [9.17, 15) is 0 Å². The molecular formula is C18H19ClN4O. The lowest BCUT2D eigenvalue weighted by Gasteiger charge is -2.10. The van der Waals surface area contributed by atoms with Crippen LogP contribution in [0.25, 0.3) is 27.8 Å². The molecule has 5 nitrogen and oxygen atoms in total. The van der Waals surface area contributed by atoms with Gasteiger partial charge in [0.05, 0.1) is 18.1 Å². The summed E-state index contributed by atoms with van der Waals surface area (Å²) in [6, 6.07) is 8.23. The molecule has 0 radical (unpaired) electrons. The fraction of sp³-hybridized carbons (Fsp3) is 0.222. The number of rotatable bonds is 2. The molecule has 3 aromatic heterocycles. The van der Waals surface area contributed by atoms with Gasteiger partial charge in [-0.25, -0.2) is 9.97 Å². The standard InChI is InChI=1S/C18H18N4O.ClH/c1-10-7-14(23-4)9-13-5-6-22(17(10)13)18-16-15(8-11(2)19-16)20-12(3)21-18;/h5-9,19H,1-4H3;1H. The van der Waals surface area contributed by atoms with Crippen molar-refractivity contribution in [3.05, 3.63) is 47.5 Å². The van der Waals surface area contributed by atoms with Gasteiger partial charge in [0.25, 0.3) is 0 Å². The minimum Gasteiger partial charge on any atom is -0.497 e. The van der Waals surface area contributed by atoms with Crippen molar-refractivity contribution in [3.63, 3.8) is 0 Å². The predicted molar refractivity (Wildman–Crippen MR) is 98.7 cm³/mol. The smallest absolute Gasteiger partial charge is 0.165 e. The van der Waals surface area contributed by atoms with Gasteiger partial charge in [0.1, 0.15) is 17.1 Å².